The Morgan fingerprint density at radius 1 is 1.16 bits per heavy atom. The second-order valence-electron chi connectivity index (χ2n) is 7.83. The maximum absolute atomic E-state index is 12.7. The summed E-state index contributed by atoms with van der Waals surface area (Å²) in [7, 11) is 2.07. The SMILES string of the molecule is CC.CC1CN(c2ccc(Cl)cc2Cl)N=C1C(=O)N[N+]1(C)CCCCC1.Clc1cccs1. The summed E-state index contributed by atoms with van der Waals surface area (Å²) in [5.74, 6) is -0.0346. The lowest BCUT2D eigenvalue weighted by Crippen LogP contribution is -2.61. The highest BCUT2D eigenvalue weighted by Gasteiger charge is 2.35. The molecular formula is C23H32Cl3N4OS+. The van der Waals surface area contributed by atoms with Crippen molar-refractivity contribution in [3.8, 4) is 0 Å². The first-order valence-corrected chi connectivity index (χ1v) is 13.0. The quantitative estimate of drug-likeness (QED) is 0.449. The second-order valence-corrected chi connectivity index (χ2v) is 10.2. The van der Waals surface area contributed by atoms with Gasteiger partial charge < -0.3 is 0 Å². The summed E-state index contributed by atoms with van der Waals surface area (Å²) in [6.07, 6.45) is 3.53. The molecule has 1 amide bonds. The van der Waals surface area contributed by atoms with E-state index < -0.39 is 0 Å². The molecule has 0 radical (unpaired) electrons. The van der Waals surface area contributed by atoms with E-state index in [4.69, 9.17) is 34.8 Å². The normalized spacial score (nSPS) is 19.2. The zero-order valence-corrected chi connectivity index (χ0v) is 22.2. The molecule has 0 spiro atoms. The predicted molar refractivity (Wildman–Crippen MR) is 139 cm³/mol. The third-order valence-electron chi connectivity index (χ3n) is 5.22. The molecule has 1 fully saturated rings. The molecule has 0 bridgehead atoms. The number of nitrogens with one attached hydrogen (secondary N) is 1. The highest BCUT2D eigenvalue weighted by atomic mass is 35.5. The van der Waals surface area contributed by atoms with Crippen LogP contribution in [0.15, 0.2) is 40.8 Å². The Labute approximate surface area is 210 Å². The van der Waals surface area contributed by atoms with Gasteiger partial charge in [-0.25, -0.2) is 4.59 Å². The molecule has 32 heavy (non-hydrogen) atoms. The highest BCUT2D eigenvalue weighted by molar-refractivity contribution is 7.14. The minimum Gasteiger partial charge on any atom is -0.263 e. The maximum atomic E-state index is 12.7. The van der Waals surface area contributed by atoms with E-state index in [1.54, 1.807) is 28.5 Å². The molecule has 1 atom stereocenters. The van der Waals surface area contributed by atoms with Crippen molar-refractivity contribution in [1.82, 2.24) is 5.43 Å². The van der Waals surface area contributed by atoms with Gasteiger partial charge in [-0.15, -0.1) is 11.3 Å². The molecule has 176 valence electrons. The monoisotopic (exact) mass is 517 g/mol. The molecular weight excluding hydrogens is 487 g/mol. The van der Waals surface area contributed by atoms with Crippen LogP contribution in [-0.2, 0) is 4.79 Å². The topological polar surface area (TPSA) is 44.7 Å². The molecule has 2 aromatic rings. The molecule has 2 aliphatic rings. The molecule has 0 aliphatic carbocycles. The average Bonchev–Trinajstić information content (AvgIpc) is 3.39. The molecule has 3 heterocycles. The van der Waals surface area contributed by atoms with E-state index >= 15 is 0 Å². The number of nitrogens with zero attached hydrogens (tertiary/aromatic N) is 3. The van der Waals surface area contributed by atoms with Crippen LogP contribution in [0.5, 0.6) is 0 Å². The minimum absolute atomic E-state index is 0.0492. The lowest BCUT2D eigenvalue weighted by Gasteiger charge is -2.36. The summed E-state index contributed by atoms with van der Waals surface area (Å²) in [6, 6.07) is 9.09. The first kappa shape index (κ1) is 26.9. The van der Waals surface area contributed by atoms with Gasteiger partial charge in [-0.2, -0.15) is 10.5 Å². The zero-order chi connectivity index (χ0) is 23.7. The van der Waals surface area contributed by atoms with Crippen molar-refractivity contribution < 1.29 is 9.39 Å². The van der Waals surface area contributed by atoms with Crippen molar-refractivity contribution in [3.63, 3.8) is 0 Å². The fraction of sp³-hybridized carbons (Fsp3) is 0.478. The van der Waals surface area contributed by atoms with Crippen molar-refractivity contribution in [1.29, 1.82) is 0 Å². The van der Waals surface area contributed by atoms with Gasteiger partial charge in [0.1, 0.15) is 18.8 Å². The Bertz CT molecular complexity index is 899. The van der Waals surface area contributed by atoms with Gasteiger partial charge in [-0.3, -0.25) is 9.80 Å². The van der Waals surface area contributed by atoms with Crippen LogP contribution in [0.25, 0.3) is 0 Å². The van der Waals surface area contributed by atoms with Gasteiger partial charge in [0.2, 0.25) is 0 Å². The van der Waals surface area contributed by atoms with Crippen LogP contribution in [0.3, 0.4) is 0 Å². The van der Waals surface area contributed by atoms with Gasteiger partial charge in [0, 0.05) is 10.9 Å². The van der Waals surface area contributed by atoms with Crippen molar-refractivity contribution in [2.75, 3.05) is 31.7 Å². The number of hydrogen-bond acceptors (Lipinski definition) is 4. The van der Waals surface area contributed by atoms with Crippen molar-refractivity contribution >= 4 is 63.4 Å². The number of quaternary nitrogens is 1. The Morgan fingerprint density at radius 2 is 1.84 bits per heavy atom. The number of rotatable bonds is 3. The van der Waals surface area contributed by atoms with E-state index in [9.17, 15) is 4.79 Å². The van der Waals surface area contributed by atoms with Gasteiger partial charge in [0.05, 0.1) is 28.6 Å². The molecule has 2 aliphatic heterocycles. The van der Waals surface area contributed by atoms with Crippen LogP contribution in [-0.4, -0.2) is 42.9 Å². The molecule has 1 saturated heterocycles. The number of carbonyl (C=O) groups excluding carboxylic acids is 1. The lowest BCUT2D eigenvalue weighted by atomic mass is 10.1. The maximum Gasteiger partial charge on any atom is 0.312 e. The number of likely N-dealkylation sites (tertiary alicyclic amines) is 1. The summed E-state index contributed by atoms with van der Waals surface area (Å²) in [4.78, 5) is 12.7. The van der Waals surface area contributed by atoms with Crippen LogP contribution in [0.2, 0.25) is 14.4 Å². The van der Waals surface area contributed by atoms with Gasteiger partial charge in [0.25, 0.3) is 0 Å². The largest absolute Gasteiger partial charge is 0.312 e. The van der Waals surface area contributed by atoms with Crippen molar-refractivity contribution in [2.45, 2.75) is 40.0 Å². The van der Waals surface area contributed by atoms with Gasteiger partial charge in [-0.05, 0) is 55.0 Å². The molecule has 9 heteroatoms. The molecule has 1 aromatic heterocycles. The van der Waals surface area contributed by atoms with Gasteiger partial charge in [0.15, 0.2) is 0 Å². The van der Waals surface area contributed by atoms with Crippen LogP contribution in [0.4, 0.5) is 5.69 Å². The molecule has 1 aromatic carbocycles. The summed E-state index contributed by atoms with van der Waals surface area (Å²) in [5.41, 5.74) is 4.48. The van der Waals surface area contributed by atoms with E-state index in [2.05, 4.69) is 17.6 Å². The third kappa shape index (κ3) is 7.63. The number of halogens is 3. The van der Waals surface area contributed by atoms with Crippen LogP contribution >= 0.6 is 46.1 Å². The number of anilines is 1. The van der Waals surface area contributed by atoms with E-state index in [-0.39, 0.29) is 11.8 Å². The fourth-order valence-electron chi connectivity index (χ4n) is 3.61. The molecule has 1 N–H and O–H groups in total. The number of benzene rings is 1. The predicted octanol–water partition coefficient (Wildman–Crippen LogP) is 6.89. The molecule has 0 saturated carbocycles. The molecule has 1 unspecified atom stereocenters. The summed E-state index contributed by atoms with van der Waals surface area (Å²) in [5, 5.41) is 9.38. The number of hydrogen-bond donors (Lipinski definition) is 1. The Kier molecular flexibility index (Phi) is 10.8. The Hall–Kier alpha value is -1.31. The van der Waals surface area contributed by atoms with E-state index in [1.165, 1.54) is 6.42 Å². The van der Waals surface area contributed by atoms with E-state index in [1.807, 2.05) is 44.4 Å². The Balaban J connectivity index is 0.000000387. The average molecular weight is 519 g/mol. The van der Waals surface area contributed by atoms with E-state index in [0.29, 0.717) is 26.9 Å². The number of carbonyl (C=O) groups is 1. The number of piperidine rings is 1. The van der Waals surface area contributed by atoms with E-state index in [0.717, 1.165) is 36.0 Å². The number of thiophene rings is 1. The first-order chi connectivity index (χ1) is 15.3. The molecule has 4 rings (SSSR count). The smallest absolute Gasteiger partial charge is 0.263 e. The standard InChI is InChI=1S/C17H22Cl2N4O.C4H3ClS.C2H6/c1-12-11-22(15-7-6-13(18)10-14(15)19)20-16(12)17(24)21-23(2)8-4-3-5-9-23;5-4-2-1-3-6-4;1-2/h6-7,10,12H,3-5,8-9,11H2,1-2H3;1-3H;1-2H3/p+1. The lowest BCUT2D eigenvalue weighted by molar-refractivity contribution is -0.947. The second kappa shape index (κ2) is 12.8. The van der Waals surface area contributed by atoms with Crippen LogP contribution < -0.4 is 10.4 Å². The first-order valence-electron chi connectivity index (χ1n) is 10.9. The minimum atomic E-state index is -0.0838. The third-order valence-corrected chi connectivity index (χ3v) is 6.81. The van der Waals surface area contributed by atoms with Gasteiger partial charge >= 0.3 is 5.91 Å². The number of hydrazone groups is 1. The zero-order valence-electron chi connectivity index (χ0n) is 19.1. The van der Waals surface area contributed by atoms with Crippen LogP contribution in [0.1, 0.15) is 40.0 Å². The molecule has 5 nitrogen and oxygen atoms in total. The van der Waals surface area contributed by atoms with Gasteiger partial charge in [-0.1, -0.05) is 55.6 Å². The number of amides is 1. The van der Waals surface area contributed by atoms with Crippen molar-refractivity contribution in [2.24, 2.45) is 11.0 Å². The highest BCUT2D eigenvalue weighted by Crippen LogP contribution is 2.32. The summed E-state index contributed by atoms with van der Waals surface area (Å²) in [6.45, 7) is 8.59. The summed E-state index contributed by atoms with van der Waals surface area (Å²) < 4.78 is 1.45. The van der Waals surface area contributed by atoms with Crippen LogP contribution in [0, 0.1) is 5.92 Å². The fourth-order valence-corrected chi connectivity index (χ4v) is 4.79. The van der Waals surface area contributed by atoms with Crippen molar-refractivity contribution in [3.05, 3.63) is 50.1 Å². The Morgan fingerprint density at radius 3 is 2.38 bits per heavy atom. The summed E-state index contributed by atoms with van der Waals surface area (Å²) >= 11 is 19.2.